The van der Waals surface area contributed by atoms with Gasteiger partial charge in [0.15, 0.2) is 0 Å². The summed E-state index contributed by atoms with van der Waals surface area (Å²) in [5, 5.41) is 9.57. The lowest BCUT2D eigenvalue weighted by atomic mass is 10.2. The number of carbonyl (C=O) groups excluding carboxylic acids is 1. The van der Waals surface area contributed by atoms with Crippen molar-refractivity contribution in [2.24, 2.45) is 0 Å². The SMILES string of the molecule is CCOc1ccc(Nc2ncccc2C(=O)NCC2CCCN2)cc1.Cl.Cl. The Morgan fingerprint density at radius 2 is 2.04 bits per heavy atom. The van der Waals surface area contributed by atoms with Gasteiger partial charge in [0.2, 0.25) is 0 Å². The van der Waals surface area contributed by atoms with Crippen LogP contribution in [0.15, 0.2) is 42.6 Å². The minimum absolute atomic E-state index is 0. The van der Waals surface area contributed by atoms with Crippen LogP contribution in [0.1, 0.15) is 30.1 Å². The zero-order chi connectivity index (χ0) is 17.5. The molecule has 27 heavy (non-hydrogen) atoms. The number of nitrogens with one attached hydrogen (secondary N) is 3. The molecule has 148 valence electrons. The summed E-state index contributed by atoms with van der Waals surface area (Å²) >= 11 is 0. The predicted octanol–water partition coefficient (Wildman–Crippen LogP) is 3.55. The molecule has 1 aromatic carbocycles. The number of carbonyl (C=O) groups is 1. The summed E-state index contributed by atoms with van der Waals surface area (Å²) in [6, 6.07) is 11.5. The number of anilines is 2. The highest BCUT2D eigenvalue weighted by Gasteiger charge is 2.17. The highest BCUT2D eigenvalue weighted by atomic mass is 35.5. The third-order valence-electron chi connectivity index (χ3n) is 4.15. The summed E-state index contributed by atoms with van der Waals surface area (Å²) < 4.78 is 5.44. The lowest BCUT2D eigenvalue weighted by molar-refractivity contribution is 0.0951. The van der Waals surface area contributed by atoms with Crippen LogP contribution in [-0.2, 0) is 0 Å². The number of rotatable bonds is 7. The number of ether oxygens (including phenoxy) is 1. The lowest BCUT2D eigenvalue weighted by Crippen LogP contribution is -2.37. The molecule has 1 unspecified atom stereocenters. The van der Waals surface area contributed by atoms with Crippen LogP contribution in [0.5, 0.6) is 5.75 Å². The van der Waals surface area contributed by atoms with Gasteiger partial charge in [-0.05, 0) is 62.7 Å². The van der Waals surface area contributed by atoms with Crippen LogP contribution in [0.4, 0.5) is 11.5 Å². The maximum Gasteiger partial charge on any atom is 0.255 e. The average molecular weight is 413 g/mol. The van der Waals surface area contributed by atoms with Crippen molar-refractivity contribution in [3.63, 3.8) is 0 Å². The number of pyridine rings is 1. The Bertz CT molecular complexity index is 707. The Hall–Kier alpha value is -2.02. The molecule has 1 atom stereocenters. The number of halogens is 2. The quantitative estimate of drug-likeness (QED) is 0.648. The van der Waals surface area contributed by atoms with Crippen LogP contribution in [0.25, 0.3) is 0 Å². The van der Waals surface area contributed by atoms with Gasteiger partial charge in [-0.25, -0.2) is 4.98 Å². The topological polar surface area (TPSA) is 75.3 Å². The Morgan fingerprint density at radius 1 is 1.26 bits per heavy atom. The van der Waals surface area contributed by atoms with Crippen molar-refractivity contribution in [3.05, 3.63) is 48.2 Å². The second-order valence-corrected chi connectivity index (χ2v) is 5.99. The van der Waals surface area contributed by atoms with E-state index in [0.29, 0.717) is 30.6 Å². The molecule has 1 saturated heterocycles. The normalized spacial score (nSPS) is 15.2. The molecule has 0 saturated carbocycles. The Balaban J connectivity index is 0.00000182. The highest BCUT2D eigenvalue weighted by molar-refractivity contribution is 5.99. The van der Waals surface area contributed by atoms with Crippen molar-refractivity contribution in [3.8, 4) is 5.75 Å². The lowest BCUT2D eigenvalue weighted by Gasteiger charge is -2.14. The van der Waals surface area contributed by atoms with E-state index in [1.807, 2.05) is 31.2 Å². The van der Waals surface area contributed by atoms with Gasteiger partial charge in [0, 0.05) is 24.5 Å². The molecule has 0 aliphatic carbocycles. The predicted molar refractivity (Wildman–Crippen MR) is 113 cm³/mol. The van der Waals surface area contributed by atoms with Crippen LogP contribution in [-0.4, -0.2) is 36.6 Å². The molecular formula is C19H26Cl2N4O2. The number of hydrogen-bond acceptors (Lipinski definition) is 5. The zero-order valence-corrected chi connectivity index (χ0v) is 16.9. The minimum atomic E-state index is -0.116. The van der Waals surface area contributed by atoms with Crippen molar-refractivity contribution in [1.82, 2.24) is 15.6 Å². The van der Waals surface area contributed by atoms with Crippen LogP contribution in [0.3, 0.4) is 0 Å². The molecule has 1 fully saturated rings. The molecular weight excluding hydrogens is 387 g/mol. The Labute approximate surface area is 172 Å². The van der Waals surface area contributed by atoms with Crippen LogP contribution in [0.2, 0.25) is 0 Å². The van der Waals surface area contributed by atoms with E-state index in [1.165, 1.54) is 0 Å². The molecule has 1 aliphatic heterocycles. The number of benzene rings is 1. The maximum absolute atomic E-state index is 12.5. The summed E-state index contributed by atoms with van der Waals surface area (Å²) in [5.74, 6) is 1.25. The van der Waals surface area contributed by atoms with E-state index in [0.717, 1.165) is 30.8 Å². The molecule has 8 heteroatoms. The van der Waals surface area contributed by atoms with Gasteiger partial charge in [0.05, 0.1) is 12.2 Å². The fraction of sp³-hybridized carbons (Fsp3) is 0.368. The third-order valence-corrected chi connectivity index (χ3v) is 4.15. The molecule has 1 aromatic heterocycles. The molecule has 6 nitrogen and oxygen atoms in total. The standard InChI is InChI=1S/C19H24N4O2.2ClH/c1-2-25-16-9-7-14(8-10-16)23-18-17(6-4-12-21-18)19(24)22-13-15-5-3-11-20-15;;/h4,6-10,12,15,20H,2-3,5,11,13H2,1H3,(H,21,23)(H,22,24);2*1H. The van der Waals surface area contributed by atoms with Gasteiger partial charge in [-0.15, -0.1) is 24.8 Å². The smallest absolute Gasteiger partial charge is 0.255 e. The van der Waals surface area contributed by atoms with Crippen molar-refractivity contribution >= 4 is 42.2 Å². The molecule has 0 bridgehead atoms. The maximum atomic E-state index is 12.5. The van der Waals surface area contributed by atoms with E-state index in [-0.39, 0.29) is 30.7 Å². The molecule has 0 spiro atoms. The van der Waals surface area contributed by atoms with E-state index in [4.69, 9.17) is 4.74 Å². The zero-order valence-electron chi connectivity index (χ0n) is 15.2. The number of hydrogen-bond donors (Lipinski definition) is 3. The summed E-state index contributed by atoms with van der Waals surface area (Å²) in [4.78, 5) is 16.8. The van der Waals surface area contributed by atoms with Gasteiger partial charge in [-0.3, -0.25) is 4.79 Å². The number of aromatic nitrogens is 1. The first-order chi connectivity index (χ1) is 12.3. The van der Waals surface area contributed by atoms with Crippen molar-refractivity contribution in [2.45, 2.75) is 25.8 Å². The van der Waals surface area contributed by atoms with Crippen molar-refractivity contribution in [2.75, 3.05) is 25.0 Å². The van der Waals surface area contributed by atoms with Gasteiger partial charge in [-0.1, -0.05) is 0 Å². The van der Waals surface area contributed by atoms with Gasteiger partial charge in [0.25, 0.3) is 5.91 Å². The molecule has 0 radical (unpaired) electrons. The van der Waals surface area contributed by atoms with Crippen LogP contribution < -0.4 is 20.7 Å². The molecule has 3 rings (SSSR count). The number of nitrogens with zero attached hydrogens (tertiary/aromatic N) is 1. The largest absolute Gasteiger partial charge is 0.494 e. The fourth-order valence-corrected chi connectivity index (χ4v) is 2.87. The summed E-state index contributed by atoms with van der Waals surface area (Å²) in [6.45, 7) is 4.24. The van der Waals surface area contributed by atoms with E-state index >= 15 is 0 Å². The summed E-state index contributed by atoms with van der Waals surface area (Å²) in [7, 11) is 0. The molecule has 1 amide bonds. The van der Waals surface area contributed by atoms with Crippen molar-refractivity contribution in [1.29, 1.82) is 0 Å². The van der Waals surface area contributed by atoms with E-state index < -0.39 is 0 Å². The summed E-state index contributed by atoms with van der Waals surface area (Å²) in [5.41, 5.74) is 1.39. The van der Waals surface area contributed by atoms with Gasteiger partial charge in [0.1, 0.15) is 11.6 Å². The molecule has 3 N–H and O–H groups in total. The van der Waals surface area contributed by atoms with E-state index in [2.05, 4.69) is 20.9 Å². The van der Waals surface area contributed by atoms with Crippen LogP contribution in [0, 0.1) is 0 Å². The van der Waals surface area contributed by atoms with Gasteiger partial charge >= 0.3 is 0 Å². The first-order valence-corrected chi connectivity index (χ1v) is 8.72. The molecule has 2 heterocycles. The fourth-order valence-electron chi connectivity index (χ4n) is 2.87. The second kappa shape index (κ2) is 11.6. The second-order valence-electron chi connectivity index (χ2n) is 5.99. The van der Waals surface area contributed by atoms with E-state index in [1.54, 1.807) is 18.3 Å². The minimum Gasteiger partial charge on any atom is -0.494 e. The first-order valence-electron chi connectivity index (χ1n) is 8.72. The molecule has 1 aliphatic rings. The first kappa shape index (κ1) is 23.0. The summed E-state index contributed by atoms with van der Waals surface area (Å²) in [6.07, 6.45) is 3.94. The monoisotopic (exact) mass is 412 g/mol. The van der Waals surface area contributed by atoms with Gasteiger partial charge < -0.3 is 20.7 Å². The van der Waals surface area contributed by atoms with Crippen molar-refractivity contribution < 1.29 is 9.53 Å². The third kappa shape index (κ3) is 6.57. The number of amides is 1. The van der Waals surface area contributed by atoms with E-state index in [9.17, 15) is 4.79 Å². The molecule has 2 aromatic rings. The Kier molecular flexibility index (Phi) is 9.93. The van der Waals surface area contributed by atoms with Crippen LogP contribution >= 0.6 is 24.8 Å². The Morgan fingerprint density at radius 3 is 2.70 bits per heavy atom. The highest BCUT2D eigenvalue weighted by Crippen LogP contribution is 2.21. The van der Waals surface area contributed by atoms with Gasteiger partial charge in [-0.2, -0.15) is 0 Å². The average Bonchev–Trinajstić information content (AvgIpc) is 3.16.